The van der Waals surface area contributed by atoms with Gasteiger partial charge in [0.15, 0.2) is 5.82 Å². The van der Waals surface area contributed by atoms with Crippen molar-refractivity contribution >= 4 is 23.5 Å². The van der Waals surface area contributed by atoms with E-state index in [1.54, 1.807) is 0 Å². The molecule has 5 rings (SSSR count). The smallest absolute Gasteiger partial charge is 0.319 e. The van der Waals surface area contributed by atoms with Crippen molar-refractivity contribution in [1.82, 2.24) is 25.3 Å². The van der Waals surface area contributed by atoms with Crippen molar-refractivity contribution in [2.75, 3.05) is 54.5 Å². The van der Waals surface area contributed by atoms with Gasteiger partial charge in [0.1, 0.15) is 5.82 Å². The summed E-state index contributed by atoms with van der Waals surface area (Å²) in [6, 6.07) is 9.43. The first kappa shape index (κ1) is 24.9. The minimum Gasteiger partial charge on any atom is -0.380 e. The van der Waals surface area contributed by atoms with E-state index in [9.17, 15) is 4.79 Å². The molecular weight excluding hydrogens is 468 g/mol. The zero-order valence-corrected chi connectivity index (χ0v) is 21.8. The molecule has 0 radical (unpaired) electrons. The fourth-order valence-corrected chi connectivity index (χ4v) is 4.82. The molecule has 1 fully saturated rings. The Labute approximate surface area is 217 Å². The van der Waals surface area contributed by atoms with Crippen molar-refractivity contribution in [2.45, 2.75) is 40.2 Å². The Bertz CT molecular complexity index is 1240. The number of fused-ring (bicyclic) bond motifs is 1. The Morgan fingerprint density at radius 2 is 1.76 bits per heavy atom. The summed E-state index contributed by atoms with van der Waals surface area (Å²) in [5.74, 6) is 2.41. The molecule has 0 aliphatic carbocycles. The molecule has 0 unspecified atom stereocenters. The number of aromatic nitrogens is 4. The number of amides is 2. The van der Waals surface area contributed by atoms with E-state index < -0.39 is 0 Å². The van der Waals surface area contributed by atoms with Crippen LogP contribution in [0.1, 0.15) is 36.0 Å². The number of hydrogen-bond donors (Lipinski definition) is 2. The monoisotopic (exact) mass is 502 g/mol. The highest BCUT2D eigenvalue weighted by molar-refractivity contribution is 5.89. The van der Waals surface area contributed by atoms with Gasteiger partial charge in [-0.3, -0.25) is 0 Å². The summed E-state index contributed by atoms with van der Waals surface area (Å²) in [5, 5.41) is 5.58. The predicted molar refractivity (Wildman–Crippen MR) is 144 cm³/mol. The summed E-state index contributed by atoms with van der Waals surface area (Å²) in [4.78, 5) is 35.9. The van der Waals surface area contributed by atoms with E-state index in [4.69, 9.17) is 14.7 Å². The predicted octanol–water partition coefficient (Wildman–Crippen LogP) is 3.48. The number of carbonyl (C=O) groups excluding carboxylic acids is 1. The van der Waals surface area contributed by atoms with E-state index in [0.717, 1.165) is 79.2 Å². The number of benzene rings is 1. The number of anilines is 3. The molecule has 10 heteroatoms. The number of ether oxygens (including phenoxy) is 1. The molecule has 0 bridgehead atoms. The lowest BCUT2D eigenvalue weighted by atomic mass is 10.0. The first-order valence-electron chi connectivity index (χ1n) is 12.9. The molecule has 0 atom stereocenters. The molecule has 2 aliphatic rings. The number of nitrogens with zero attached hydrogens (tertiary/aromatic N) is 6. The third-order valence-electron chi connectivity index (χ3n) is 6.56. The quantitative estimate of drug-likeness (QED) is 0.546. The van der Waals surface area contributed by atoms with Crippen LogP contribution < -0.4 is 20.4 Å². The van der Waals surface area contributed by atoms with E-state index in [2.05, 4.69) is 30.4 Å². The second kappa shape index (κ2) is 11.1. The summed E-state index contributed by atoms with van der Waals surface area (Å²) >= 11 is 0. The first-order chi connectivity index (χ1) is 18.0. The lowest BCUT2D eigenvalue weighted by molar-refractivity contribution is 0.152. The van der Waals surface area contributed by atoms with Gasteiger partial charge in [-0.2, -0.15) is 0 Å². The molecule has 0 spiro atoms. The summed E-state index contributed by atoms with van der Waals surface area (Å²) < 4.78 is 5.72. The standard InChI is InChI=1S/C27H34N8O2/c1-4-28-27(36)31-21-8-6-20(7-9-21)24-32-23-17-35(26-29-18(2)16-19(3)30-26)12-10-22(23)25(33-24)34-11-5-14-37-15-13-34/h6-9,16H,4-5,10-15,17H2,1-3H3,(H2,28,31,36). The second-order valence-electron chi connectivity index (χ2n) is 9.43. The van der Waals surface area contributed by atoms with Crippen molar-refractivity contribution in [3.8, 4) is 11.4 Å². The number of urea groups is 1. The van der Waals surface area contributed by atoms with Gasteiger partial charge in [0, 0.05) is 61.0 Å². The first-order valence-corrected chi connectivity index (χ1v) is 12.9. The SMILES string of the molecule is CCNC(=O)Nc1ccc(-c2nc3c(c(N4CCCOCC4)n2)CCN(c2nc(C)cc(C)n2)C3)cc1. The fraction of sp³-hybridized carbons (Fsp3) is 0.444. The number of aryl methyl sites for hydroxylation is 2. The van der Waals surface area contributed by atoms with Gasteiger partial charge >= 0.3 is 6.03 Å². The molecule has 0 saturated carbocycles. The number of carbonyl (C=O) groups is 1. The largest absolute Gasteiger partial charge is 0.380 e. The minimum atomic E-state index is -0.223. The zero-order chi connectivity index (χ0) is 25.8. The topological polar surface area (TPSA) is 108 Å². The van der Waals surface area contributed by atoms with Crippen LogP contribution in [-0.2, 0) is 17.7 Å². The van der Waals surface area contributed by atoms with Crippen LogP contribution in [0.4, 0.5) is 22.2 Å². The number of rotatable bonds is 5. The number of hydrogen-bond acceptors (Lipinski definition) is 8. The molecule has 37 heavy (non-hydrogen) atoms. The van der Waals surface area contributed by atoms with Crippen LogP contribution in [0.5, 0.6) is 0 Å². The zero-order valence-electron chi connectivity index (χ0n) is 21.8. The van der Waals surface area contributed by atoms with Crippen molar-refractivity contribution in [3.05, 3.63) is 53.0 Å². The fourth-order valence-electron chi connectivity index (χ4n) is 4.82. The summed E-state index contributed by atoms with van der Waals surface area (Å²) in [6.07, 6.45) is 1.80. The molecule has 2 N–H and O–H groups in total. The third kappa shape index (κ3) is 5.80. The van der Waals surface area contributed by atoms with Gasteiger partial charge in [-0.1, -0.05) is 0 Å². The Balaban J connectivity index is 1.49. The van der Waals surface area contributed by atoms with E-state index >= 15 is 0 Å². The molecule has 1 aromatic carbocycles. The molecule has 10 nitrogen and oxygen atoms in total. The minimum absolute atomic E-state index is 0.223. The van der Waals surface area contributed by atoms with Gasteiger partial charge in [0.05, 0.1) is 18.8 Å². The van der Waals surface area contributed by atoms with Gasteiger partial charge in [0.2, 0.25) is 5.95 Å². The van der Waals surface area contributed by atoms with Gasteiger partial charge in [-0.25, -0.2) is 24.7 Å². The van der Waals surface area contributed by atoms with E-state index in [-0.39, 0.29) is 6.03 Å². The Kier molecular flexibility index (Phi) is 7.45. The maximum absolute atomic E-state index is 11.9. The molecule has 4 heterocycles. The van der Waals surface area contributed by atoms with Crippen LogP contribution in [-0.4, -0.2) is 65.4 Å². The van der Waals surface area contributed by atoms with Crippen LogP contribution in [0.2, 0.25) is 0 Å². The highest BCUT2D eigenvalue weighted by Crippen LogP contribution is 2.31. The van der Waals surface area contributed by atoms with Crippen LogP contribution in [0, 0.1) is 13.8 Å². The maximum atomic E-state index is 11.9. The Morgan fingerprint density at radius 3 is 2.51 bits per heavy atom. The normalized spacial score (nSPS) is 15.6. The van der Waals surface area contributed by atoms with Crippen LogP contribution in [0.3, 0.4) is 0 Å². The lowest BCUT2D eigenvalue weighted by Crippen LogP contribution is -2.36. The molecule has 2 amide bonds. The number of nitrogens with one attached hydrogen (secondary N) is 2. The van der Waals surface area contributed by atoms with Crippen molar-refractivity contribution in [3.63, 3.8) is 0 Å². The highest BCUT2D eigenvalue weighted by atomic mass is 16.5. The molecule has 2 aromatic heterocycles. The van der Waals surface area contributed by atoms with Crippen LogP contribution in [0.25, 0.3) is 11.4 Å². The Morgan fingerprint density at radius 1 is 0.973 bits per heavy atom. The van der Waals surface area contributed by atoms with Gasteiger partial charge in [0.25, 0.3) is 0 Å². The lowest BCUT2D eigenvalue weighted by Gasteiger charge is -2.32. The highest BCUT2D eigenvalue weighted by Gasteiger charge is 2.27. The summed E-state index contributed by atoms with van der Waals surface area (Å²) in [6.45, 7) is 11.1. The van der Waals surface area contributed by atoms with E-state index in [1.807, 2.05) is 51.1 Å². The Hall–Kier alpha value is -3.79. The van der Waals surface area contributed by atoms with Gasteiger partial charge in [-0.05, 0) is 63.9 Å². The molecular formula is C27H34N8O2. The van der Waals surface area contributed by atoms with Crippen molar-refractivity contribution < 1.29 is 9.53 Å². The van der Waals surface area contributed by atoms with Crippen LogP contribution in [0.15, 0.2) is 30.3 Å². The van der Waals surface area contributed by atoms with E-state index in [0.29, 0.717) is 25.5 Å². The third-order valence-corrected chi connectivity index (χ3v) is 6.56. The van der Waals surface area contributed by atoms with Gasteiger partial charge < -0.3 is 25.2 Å². The molecule has 194 valence electrons. The maximum Gasteiger partial charge on any atom is 0.319 e. The average molecular weight is 503 g/mol. The van der Waals surface area contributed by atoms with E-state index in [1.165, 1.54) is 5.56 Å². The van der Waals surface area contributed by atoms with Crippen molar-refractivity contribution in [2.24, 2.45) is 0 Å². The second-order valence-corrected chi connectivity index (χ2v) is 9.43. The molecule has 3 aromatic rings. The molecule has 1 saturated heterocycles. The summed E-state index contributed by atoms with van der Waals surface area (Å²) in [5.41, 5.74) is 5.74. The van der Waals surface area contributed by atoms with Crippen molar-refractivity contribution in [1.29, 1.82) is 0 Å². The molecule has 2 aliphatic heterocycles. The summed E-state index contributed by atoms with van der Waals surface area (Å²) in [7, 11) is 0. The van der Waals surface area contributed by atoms with Gasteiger partial charge in [-0.15, -0.1) is 0 Å². The average Bonchev–Trinajstić information content (AvgIpc) is 3.17. The van der Waals surface area contributed by atoms with Crippen LogP contribution >= 0.6 is 0 Å².